The second-order valence-corrected chi connectivity index (χ2v) is 7.64. The Balaban J connectivity index is 1.91. The van der Waals surface area contributed by atoms with Gasteiger partial charge in [-0.05, 0) is 19.8 Å². The van der Waals surface area contributed by atoms with Crippen molar-refractivity contribution >= 4 is 34.1 Å². The van der Waals surface area contributed by atoms with Crippen molar-refractivity contribution in [2.45, 2.75) is 55.2 Å². The Bertz CT molecular complexity index is 542. The number of nitrogens with zero attached hydrogens (tertiary/aromatic N) is 2. The Labute approximate surface area is 133 Å². The summed E-state index contributed by atoms with van der Waals surface area (Å²) in [4.78, 5) is 16.3. The third-order valence-corrected chi connectivity index (χ3v) is 6.00. The van der Waals surface area contributed by atoms with Crippen LogP contribution in [0, 0.1) is 18.3 Å². The van der Waals surface area contributed by atoms with Crippen LogP contribution in [0.25, 0.3) is 0 Å². The van der Waals surface area contributed by atoms with Gasteiger partial charge in [0.15, 0.2) is 5.13 Å². The van der Waals surface area contributed by atoms with Gasteiger partial charge in [-0.3, -0.25) is 4.79 Å². The number of hydrogen-bond acceptors (Lipinski definition) is 6. The quantitative estimate of drug-likeness (QED) is 0.656. The number of thioether (sulfide) groups is 1. The van der Waals surface area contributed by atoms with E-state index in [-0.39, 0.29) is 5.91 Å². The highest BCUT2D eigenvalue weighted by Gasteiger charge is 2.32. The monoisotopic (exact) mass is 324 g/mol. The molecule has 0 atom stereocenters. The van der Waals surface area contributed by atoms with Gasteiger partial charge >= 0.3 is 0 Å². The molecule has 0 saturated heterocycles. The number of nitriles is 1. The number of carbonyl (C=O) groups is 1. The molecule has 5 nitrogen and oxygen atoms in total. The highest BCUT2D eigenvalue weighted by molar-refractivity contribution is 8.01. The molecule has 0 aromatic carbocycles. The number of thiazole rings is 1. The minimum absolute atomic E-state index is 0.0881. The molecule has 2 rings (SSSR count). The van der Waals surface area contributed by atoms with E-state index >= 15 is 0 Å². The number of nitrogen functional groups attached to an aromatic ring is 1. The Morgan fingerprint density at radius 3 is 2.67 bits per heavy atom. The largest absolute Gasteiger partial charge is 0.375 e. The van der Waals surface area contributed by atoms with Gasteiger partial charge in [0.05, 0.1) is 21.7 Å². The van der Waals surface area contributed by atoms with E-state index in [0.29, 0.717) is 10.9 Å². The van der Waals surface area contributed by atoms with E-state index in [4.69, 9.17) is 5.73 Å². The van der Waals surface area contributed by atoms with Gasteiger partial charge in [-0.25, -0.2) is 4.98 Å². The lowest BCUT2D eigenvalue weighted by molar-refractivity contribution is -0.120. The van der Waals surface area contributed by atoms with Gasteiger partial charge in [0.1, 0.15) is 5.54 Å². The number of nitrogens with two attached hydrogens (primary N) is 1. The standard InChI is InChI=1S/C14H20N4OS2/c1-10-12(21-13(16)17-10)20-8-11(19)18-14(9-15)6-4-2-3-5-7-14/h2-8H2,1H3,(H2,16,17)(H,18,19). The predicted molar refractivity (Wildman–Crippen MR) is 86.2 cm³/mol. The third kappa shape index (κ3) is 4.35. The van der Waals surface area contributed by atoms with Crippen molar-refractivity contribution in [3.05, 3.63) is 5.69 Å². The first kappa shape index (κ1) is 16.1. The number of anilines is 1. The topological polar surface area (TPSA) is 91.8 Å². The molecule has 0 spiro atoms. The summed E-state index contributed by atoms with van der Waals surface area (Å²) in [5.41, 5.74) is 5.84. The van der Waals surface area contributed by atoms with Gasteiger partial charge in [0, 0.05) is 0 Å². The maximum absolute atomic E-state index is 12.1. The van der Waals surface area contributed by atoms with Crippen LogP contribution >= 0.6 is 23.1 Å². The van der Waals surface area contributed by atoms with Gasteiger partial charge in [-0.15, -0.1) is 11.8 Å². The summed E-state index contributed by atoms with van der Waals surface area (Å²) in [6.07, 6.45) is 5.82. The fourth-order valence-corrected chi connectivity index (χ4v) is 4.39. The van der Waals surface area contributed by atoms with Crippen LogP contribution in [0.3, 0.4) is 0 Å². The zero-order valence-corrected chi connectivity index (χ0v) is 13.8. The molecule has 3 N–H and O–H groups in total. The lowest BCUT2D eigenvalue weighted by Gasteiger charge is -2.26. The second kappa shape index (κ2) is 7.14. The lowest BCUT2D eigenvalue weighted by atomic mass is 9.92. The first-order chi connectivity index (χ1) is 10.0. The van der Waals surface area contributed by atoms with Crippen molar-refractivity contribution in [3.63, 3.8) is 0 Å². The van der Waals surface area contributed by atoms with E-state index in [1.54, 1.807) is 0 Å². The molecular formula is C14H20N4OS2. The number of nitrogens with one attached hydrogen (secondary N) is 1. The van der Waals surface area contributed by atoms with Crippen molar-refractivity contribution < 1.29 is 4.79 Å². The van der Waals surface area contributed by atoms with Gasteiger partial charge in [0.2, 0.25) is 5.91 Å². The average molecular weight is 324 g/mol. The number of hydrogen-bond donors (Lipinski definition) is 2. The first-order valence-electron chi connectivity index (χ1n) is 7.13. The normalized spacial score (nSPS) is 17.7. The van der Waals surface area contributed by atoms with Crippen LogP contribution in [-0.2, 0) is 4.79 Å². The van der Waals surface area contributed by atoms with Crippen molar-refractivity contribution in [1.29, 1.82) is 5.26 Å². The van der Waals surface area contributed by atoms with Crippen molar-refractivity contribution in [2.75, 3.05) is 11.5 Å². The predicted octanol–water partition coefficient (Wildman–Crippen LogP) is 2.86. The number of carbonyl (C=O) groups excluding carboxylic acids is 1. The van der Waals surface area contributed by atoms with Crippen molar-refractivity contribution in [1.82, 2.24) is 10.3 Å². The summed E-state index contributed by atoms with van der Waals surface area (Å²) in [6, 6.07) is 2.33. The molecule has 1 aromatic rings. The van der Waals surface area contributed by atoms with E-state index in [2.05, 4.69) is 16.4 Å². The Morgan fingerprint density at radius 2 is 2.14 bits per heavy atom. The summed E-state index contributed by atoms with van der Waals surface area (Å²) in [7, 11) is 0. The summed E-state index contributed by atoms with van der Waals surface area (Å²) < 4.78 is 0.967. The third-order valence-electron chi connectivity index (χ3n) is 3.65. The molecular weight excluding hydrogens is 304 g/mol. The SMILES string of the molecule is Cc1nc(N)sc1SCC(=O)NC1(C#N)CCCCCC1. The summed E-state index contributed by atoms with van der Waals surface area (Å²) in [5.74, 6) is 0.209. The van der Waals surface area contributed by atoms with E-state index in [9.17, 15) is 10.1 Å². The Hall–Kier alpha value is -1.26. The number of amides is 1. The van der Waals surface area contributed by atoms with Crippen LogP contribution in [0.1, 0.15) is 44.2 Å². The first-order valence-corrected chi connectivity index (χ1v) is 8.93. The van der Waals surface area contributed by atoms with Gasteiger partial charge in [-0.1, -0.05) is 37.0 Å². The fourth-order valence-electron chi connectivity index (χ4n) is 2.57. The van der Waals surface area contributed by atoms with E-state index in [1.807, 2.05) is 6.92 Å². The fraction of sp³-hybridized carbons (Fsp3) is 0.643. The molecule has 1 aliphatic carbocycles. The second-order valence-electron chi connectivity index (χ2n) is 5.37. The van der Waals surface area contributed by atoms with Crippen molar-refractivity contribution in [3.8, 4) is 6.07 Å². The zero-order valence-electron chi connectivity index (χ0n) is 12.1. The highest BCUT2D eigenvalue weighted by Crippen LogP contribution is 2.31. The van der Waals surface area contributed by atoms with Crippen molar-refractivity contribution in [2.24, 2.45) is 0 Å². The van der Waals surface area contributed by atoms with Crippen LogP contribution in [0.15, 0.2) is 4.21 Å². The number of aromatic nitrogens is 1. The minimum Gasteiger partial charge on any atom is -0.375 e. The molecule has 114 valence electrons. The number of rotatable bonds is 4. The van der Waals surface area contributed by atoms with Gasteiger partial charge in [-0.2, -0.15) is 5.26 Å². The molecule has 1 heterocycles. The summed E-state index contributed by atoms with van der Waals surface area (Å²) in [5, 5.41) is 12.9. The maximum Gasteiger partial charge on any atom is 0.231 e. The minimum atomic E-state index is -0.671. The van der Waals surface area contributed by atoms with Crippen LogP contribution < -0.4 is 11.1 Å². The smallest absolute Gasteiger partial charge is 0.231 e. The highest BCUT2D eigenvalue weighted by atomic mass is 32.2. The summed E-state index contributed by atoms with van der Waals surface area (Å²) >= 11 is 2.83. The molecule has 0 aliphatic heterocycles. The molecule has 7 heteroatoms. The van der Waals surface area contributed by atoms with Crippen LogP contribution in [0.5, 0.6) is 0 Å². The Kier molecular flexibility index (Phi) is 5.48. The van der Waals surface area contributed by atoms with Crippen LogP contribution in [0.2, 0.25) is 0 Å². The van der Waals surface area contributed by atoms with Crippen LogP contribution in [0.4, 0.5) is 5.13 Å². The maximum atomic E-state index is 12.1. The molecule has 1 aromatic heterocycles. The molecule has 0 unspecified atom stereocenters. The van der Waals surface area contributed by atoms with Crippen LogP contribution in [-0.4, -0.2) is 22.2 Å². The number of aryl methyl sites for hydroxylation is 1. The molecule has 1 fully saturated rings. The van der Waals surface area contributed by atoms with E-state index in [0.717, 1.165) is 48.4 Å². The molecule has 1 saturated carbocycles. The molecule has 1 aliphatic rings. The van der Waals surface area contributed by atoms with Gasteiger partial charge < -0.3 is 11.1 Å². The van der Waals surface area contributed by atoms with E-state index < -0.39 is 5.54 Å². The van der Waals surface area contributed by atoms with E-state index in [1.165, 1.54) is 23.1 Å². The molecule has 0 bridgehead atoms. The lowest BCUT2D eigenvalue weighted by Crippen LogP contribution is -2.47. The Morgan fingerprint density at radius 1 is 1.48 bits per heavy atom. The molecule has 0 radical (unpaired) electrons. The average Bonchev–Trinajstić information content (AvgIpc) is 2.65. The zero-order chi connectivity index (χ0) is 15.3. The summed E-state index contributed by atoms with van der Waals surface area (Å²) in [6.45, 7) is 1.88. The van der Waals surface area contributed by atoms with Gasteiger partial charge in [0.25, 0.3) is 0 Å². The molecule has 21 heavy (non-hydrogen) atoms. The molecule has 1 amide bonds.